The zero-order valence-corrected chi connectivity index (χ0v) is 10.0. The van der Waals surface area contributed by atoms with Crippen LogP contribution in [-0.4, -0.2) is 17.1 Å². The molecule has 0 aliphatic rings. The molecule has 0 saturated heterocycles. The van der Waals surface area contributed by atoms with Crippen molar-refractivity contribution < 1.29 is 9.90 Å². The summed E-state index contributed by atoms with van der Waals surface area (Å²) in [6, 6.07) is 7.69. The monoisotopic (exact) mass is 221 g/mol. The number of aliphatic carboxylic acids is 1. The number of rotatable bonds is 5. The van der Waals surface area contributed by atoms with E-state index >= 15 is 0 Å². The third-order valence-corrected chi connectivity index (χ3v) is 2.70. The van der Waals surface area contributed by atoms with Gasteiger partial charge in [0.1, 0.15) is 6.04 Å². The van der Waals surface area contributed by atoms with Gasteiger partial charge in [-0.2, -0.15) is 0 Å². The normalized spacial score (nSPS) is 14.4. The van der Waals surface area contributed by atoms with Crippen LogP contribution < -0.4 is 5.32 Å². The van der Waals surface area contributed by atoms with E-state index in [1.54, 1.807) is 0 Å². The average molecular weight is 221 g/mol. The number of carboxylic acids is 1. The molecule has 1 aromatic carbocycles. The number of aryl methyl sites for hydroxylation is 1. The molecule has 0 bridgehead atoms. The van der Waals surface area contributed by atoms with Crippen LogP contribution in [0.5, 0.6) is 0 Å². The van der Waals surface area contributed by atoms with Crippen molar-refractivity contribution in [2.75, 3.05) is 0 Å². The molecule has 2 atom stereocenters. The van der Waals surface area contributed by atoms with Crippen molar-refractivity contribution in [3.63, 3.8) is 0 Å². The highest BCUT2D eigenvalue weighted by Gasteiger charge is 2.17. The summed E-state index contributed by atoms with van der Waals surface area (Å²) in [5, 5.41) is 12.1. The number of carbonyl (C=O) groups is 1. The summed E-state index contributed by atoms with van der Waals surface area (Å²) >= 11 is 0. The van der Waals surface area contributed by atoms with Gasteiger partial charge in [-0.15, -0.1) is 0 Å². The second kappa shape index (κ2) is 5.66. The third kappa shape index (κ3) is 3.35. The van der Waals surface area contributed by atoms with Crippen molar-refractivity contribution in [1.82, 2.24) is 5.32 Å². The Bertz CT molecular complexity index is 363. The van der Waals surface area contributed by atoms with Crippen molar-refractivity contribution in [3.8, 4) is 0 Å². The lowest BCUT2D eigenvalue weighted by Gasteiger charge is -2.19. The molecule has 2 N–H and O–H groups in total. The molecule has 0 fully saturated rings. The molecule has 0 aliphatic heterocycles. The van der Waals surface area contributed by atoms with Crippen molar-refractivity contribution >= 4 is 5.97 Å². The van der Waals surface area contributed by atoms with Crippen LogP contribution in [0.4, 0.5) is 0 Å². The van der Waals surface area contributed by atoms with Crippen LogP contribution in [0.3, 0.4) is 0 Å². The van der Waals surface area contributed by atoms with Gasteiger partial charge in [0, 0.05) is 6.04 Å². The first-order valence-corrected chi connectivity index (χ1v) is 5.60. The van der Waals surface area contributed by atoms with E-state index in [0.29, 0.717) is 6.42 Å². The molecule has 3 nitrogen and oxygen atoms in total. The molecule has 0 aliphatic carbocycles. The van der Waals surface area contributed by atoms with Gasteiger partial charge in [0.2, 0.25) is 0 Å². The average Bonchev–Trinajstić information content (AvgIpc) is 2.25. The highest BCUT2D eigenvalue weighted by Crippen LogP contribution is 2.14. The van der Waals surface area contributed by atoms with Gasteiger partial charge < -0.3 is 5.11 Å². The first-order chi connectivity index (χ1) is 7.54. The predicted molar refractivity (Wildman–Crippen MR) is 64.4 cm³/mol. The van der Waals surface area contributed by atoms with Crippen LogP contribution in [0.25, 0.3) is 0 Å². The summed E-state index contributed by atoms with van der Waals surface area (Å²) in [7, 11) is 0. The molecule has 0 saturated carbocycles. The van der Waals surface area contributed by atoms with Crippen molar-refractivity contribution in [1.29, 1.82) is 0 Å². The van der Waals surface area contributed by atoms with Gasteiger partial charge >= 0.3 is 5.97 Å². The van der Waals surface area contributed by atoms with E-state index in [1.165, 1.54) is 5.56 Å². The Hall–Kier alpha value is -1.35. The van der Waals surface area contributed by atoms with Crippen LogP contribution in [-0.2, 0) is 4.79 Å². The maximum absolute atomic E-state index is 10.9. The molecule has 0 spiro atoms. The lowest BCUT2D eigenvalue weighted by Crippen LogP contribution is -2.37. The minimum Gasteiger partial charge on any atom is -0.480 e. The molecule has 0 heterocycles. The number of benzene rings is 1. The number of carboxylic acid groups (broad SMARTS) is 1. The Morgan fingerprint density at radius 1 is 1.50 bits per heavy atom. The van der Waals surface area contributed by atoms with E-state index in [4.69, 9.17) is 5.11 Å². The maximum Gasteiger partial charge on any atom is 0.320 e. The lowest BCUT2D eigenvalue weighted by atomic mass is 10.0. The minimum absolute atomic E-state index is 0.0564. The first kappa shape index (κ1) is 12.7. The Morgan fingerprint density at radius 2 is 2.19 bits per heavy atom. The fourth-order valence-electron chi connectivity index (χ4n) is 1.70. The maximum atomic E-state index is 10.9. The minimum atomic E-state index is -0.790. The SMILES string of the molecule is CCC(N[C@@H](C)c1cccc(C)c1)C(=O)O. The van der Waals surface area contributed by atoms with Crippen LogP contribution in [0.15, 0.2) is 24.3 Å². The van der Waals surface area contributed by atoms with E-state index in [1.807, 2.05) is 39.0 Å². The summed E-state index contributed by atoms with van der Waals surface area (Å²) in [6.45, 7) is 5.89. The molecule has 3 heteroatoms. The Balaban J connectivity index is 2.71. The highest BCUT2D eigenvalue weighted by molar-refractivity contribution is 5.73. The Kier molecular flexibility index (Phi) is 4.50. The van der Waals surface area contributed by atoms with Crippen LogP contribution in [0, 0.1) is 6.92 Å². The predicted octanol–water partition coefficient (Wildman–Crippen LogP) is 2.51. The summed E-state index contributed by atoms with van der Waals surface area (Å²) in [5.74, 6) is -0.790. The van der Waals surface area contributed by atoms with Gasteiger partial charge in [-0.05, 0) is 25.8 Å². The van der Waals surface area contributed by atoms with Gasteiger partial charge in [-0.3, -0.25) is 10.1 Å². The largest absolute Gasteiger partial charge is 0.480 e. The molecule has 88 valence electrons. The second-order valence-electron chi connectivity index (χ2n) is 4.10. The Morgan fingerprint density at radius 3 is 2.69 bits per heavy atom. The molecule has 1 unspecified atom stereocenters. The van der Waals surface area contributed by atoms with Gasteiger partial charge in [-0.1, -0.05) is 36.8 Å². The van der Waals surface area contributed by atoms with Crippen molar-refractivity contribution in [2.24, 2.45) is 0 Å². The van der Waals surface area contributed by atoms with Crippen molar-refractivity contribution in [2.45, 2.75) is 39.3 Å². The Labute approximate surface area is 96.5 Å². The zero-order chi connectivity index (χ0) is 12.1. The molecule has 0 amide bonds. The number of nitrogens with one attached hydrogen (secondary N) is 1. The molecule has 0 aromatic heterocycles. The number of hydrogen-bond acceptors (Lipinski definition) is 2. The van der Waals surface area contributed by atoms with E-state index in [-0.39, 0.29) is 6.04 Å². The van der Waals surface area contributed by atoms with Crippen LogP contribution in [0.2, 0.25) is 0 Å². The topological polar surface area (TPSA) is 49.3 Å². The summed E-state index contributed by atoms with van der Waals surface area (Å²) in [4.78, 5) is 10.9. The summed E-state index contributed by atoms with van der Waals surface area (Å²) in [5.41, 5.74) is 2.31. The van der Waals surface area contributed by atoms with Crippen LogP contribution in [0.1, 0.15) is 37.4 Å². The molecule has 0 radical (unpaired) electrons. The van der Waals surface area contributed by atoms with Gasteiger partial charge in [0.05, 0.1) is 0 Å². The van der Waals surface area contributed by atoms with Crippen molar-refractivity contribution in [3.05, 3.63) is 35.4 Å². The van der Waals surface area contributed by atoms with E-state index < -0.39 is 12.0 Å². The smallest absolute Gasteiger partial charge is 0.320 e. The fraction of sp³-hybridized carbons (Fsp3) is 0.462. The quantitative estimate of drug-likeness (QED) is 0.803. The highest BCUT2D eigenvalue weighted by atomic mass is 16.4. The molecule has 16 heavy (non-hydrogen) atoms. The second-order valence-corrected chi connectivity index (χ2v) is 4.10. The van der Waals surface area contributed by atoms with Crippen LogP contribution >= 0.6 is 0 Å². The third-order valence-electron chi connectivity index (χ3n) is 2.70. The van der Waals surface area contributed by atoms with E-state index in [0.717, 1.165) is 5.56 Å². The number of hydrogen-bond donors (Lipinski definition) is 2. The van der Waals surface area contributed by atoms with E-state index in [2.05, 4.69) is 11.4 Å². The van der Waals surface area contributed by atoms with Gasteiger partial charge in [0.25, 0.3) is 0 Å². The molecule has 1 rings (SSSR count). The van der Waals surface area contributed by atoms with Gasteiger partial charge in [-0.25, -0.2) is 0 Å². The summed E-state index contributed by atoms with van der Waals surface area (Å²) < 4.78 is 0. The summed E-state index contributed by atoms with van der Waals surface area (Å²) in [6.07, 6.45) is 0.589. The lowest BCUT2D eigenvalue weighted by molar-refractivity contribution is -0.139. The standard InChI is InChI=1S/C13H19NO2/c1-4-12(13(15)16)14-10(3)11-7-5-6-9(2)8-11/h5-8,10,12,14H,4H2,1-3H3,(H,15,16)/t10-,12?/m0/s1. The first-order valence-electron chi connectivity index (χ1n) is 5.60. The molecular formula is C13H19NO2. The molecular weight excluding hydrogens is 202 g/mol. The fourth-order valence-corrected chi connectivity index (χ4v) is 1.70. The van der Waals surface area contributed by atoms with Gasteiger partial charge in [0.15, 0.2) is 0 Å². The molecule has 1 aromatic rings. The van der Waals surface area contributed by atoms with E-state index in [9.17, 15) is 4.79 Å². The zero-order valence-electron chi connectivity index (χ0n) is 10.0.